The van der Waals surface area contributed by atoms with Crippen LogP contribution in [0.3, 0.4) is 0 Å². The smallest absolute Gasteiger partial charge is 0.316 e. The van der Waals surface area contributed by atoms with Crippen molar-refractivity contribution in [2.75, 3.05) is 13.7 Å². The summed E-state index contributed by atoms with van der Waals surface area (Å²) in [6, 6.07) is 5.69. The van der Waals surface area contributed by atoms with E-state index in [2.05, 4.69) is 0 Å². The first kappa shape index (κ1) is 17.8. The standard InChI is InChI=1S/C18H23ClO4/c1-12(20)23-11-16(18(21)22-2)14-8-9-15(17(19)10-14)13-6-4-3-5-7-13/h8-10,13,16H,3-7,11H2,1-2H3. The lowest BCUT2D eigenvalue weighted by Gasteiger charge is -2.24. The molecule has 1 aliphatic carbocycles. The van der Waals surface area contributed by atoms with Gasteiger partial charge in [0, 0.05) is 11.9 Å². The SMILES string of the molecule is COC(=O)C(COC(C)=O)c1ccc(C2CCCCC2)c(Cl)c1. The molecule has 0 bridgehead atoms. The highest BCUT2D eigenvalue weighted by atomic mass is 35.5. The Kier molecular flexibility index (Phi) is 6.46. The Balaban J connectivity index is 2.20. The lowest BCUT2D eigenvalue weighted by atomic mass is 9.83. The van der Waals surface area contributed by atoms with Gasteiger partial charge in [0.15, 0.2) is 0 Å². The zero-order valence-electron chi connectivity index (χ0n) is 13.6. The summed E-state index contributed by atoms with van der Waals surface area (Å²) >= 11 is 6.46. The van der Waals surface area contributed by atoms with Crippen LogP contribution < -0.4 is 0 Å². The quantitative estimate of drug-likeness (QED) is 0.755. The van der Waals surface area contributed by atoms with E-state index in [1.165, 1.54) is 33.3 Å². The second kappa shape index (κ2) is 8.34. The molecule has 0 heterocycles. The lowest BCUT2D eigenvalue weighted by Crippen LogP contribution is -2.21. The summed E-state index contributed by atoms with van der Waals surface area (Å²) in [7, 11) is 1.32. The fourth-order valence-corrected chi connectivity index (χ4v) is 3.49. The van der Waals surface area contributed by atoms with Crippen molar-refractivity contribution in [3.8, 4) is 0 Å². The van der Waals surface area contributed by atoms with Crippen LogP contribution in [0.25, 0.3) is 0 Å². The van der Waals surface area contributed by atoms with Crippen molar-refractivity contribution >= 4 is 23.5 Å². The van der Waals surface area contributed by atoms with Crippen molar-refractivity contribution in [2.45, 2.75) is 50.9 Å². The molecule has 1 atom stereocenters. The van der Waals surface area contributed by atoms with Crippen molar-refractivity contribution in [2.24, 2.45) is 0 Å². The number of esters is 2. The minimum atomic E-state index is -0.651. The number of halogens is 1. The molecule has 4 nitrogen and oxygen atoms in total. The monoisotopic (exact) mass is 338 g/mol. The highest BCUT2D eigenvalue weighted by Gasteiger charge is 2.25. The Morgan fingerprint density at radius 1 is 1.26 bits per heavy atom. The van der Waals surface area contributed by atoms with Crippen LogP contribution in [0.5, 0.6) is 0 Å². The highest BCUT2D eigenvalue weighted by Crippen LogP contribution is 2.37. The van der Waals surface area contributed by atoms with Gasteiger partial charge >= 0.3 is 11.9 Å². The average molecular weight is 339 g/mol. The van der Waals surface area contributed by atoms with Crippen LogP contribution in [0.15, 0.2) is 18.2 Å². The lowest BCUT2D eigenvalue weighted by molar-refractivity contribution is -0.148. The first-order valence-electron chi connectivity index (χ1n) is 8.03. The molecule has 0 spiro atoms. The third-order valence-corrected chi connectivity index (χ3v) is 4.74. The Morgan fingerprint density at radius 2 is 1.96 bits per heavy atom. The Labute approximate surface area is 142 Å². The van der Waals surface area contributed by atoms with Gasteiger partial charge in [-0.2, -0.15) is 0 Å². The summed E-state index contributed by atoms with van der Waals surface area (Å²) in [6.07, 6.45) is 6.08. The number of benzene rings is 1. The Hall–Kier alpha value is -1.55. The molecule has 5 heteroatoms. The minimum absolute atomic E-state index is 0.0406. The van der Waals surface area contributed by atoms with Gasteiger partial charge in [-0.25, -0.2) is 0 Å². The van der Waals surface area contributed by atoms with Crippen molar-refractivity contribution in [1.82, 2.24) is 0 Å². The van der Waals surface area contributed by atoms with Crippen molar-refractivity contribution in [1.29, 1.82) is 0 Å². The molecule has 1 aromatic rings. The van der Waals surface area contributed by atoms with E-state index in [1.54, 1.807) is 6.07 Å². The van der Waals surface area contributed by atoms with Crippen LogP contribution in [-0.2, 0) is 19.1 Å². The van der Waals surface area contributed by atoms with Gasteiger partial charge in [0.1, 0.15) is 12.5 Å². The molecule has 2 rings (SSSR count). The van der Waals surface area contributed by atoms with Gasteiger partial charge in [-0.15, -0.1) is 0 Å². The number of rotatable bonds is 5. The largest absolute Gasteiger partial charge is 0.468 e. The van der Waals surface area contributed by atoms with E-state index >= 15 is 0 Å². The van der Waals surface area contributed by atoms with E-state index in [0.717, 1.165) is 18.4 Å². The van der Waals surface area contributed by atoms with Gasteiger partial charge in [-0.1, -0.05) is 43.0 Å². The van der Waals surface area contributed by atoms with E-state index < -0.39 is 17.9 Å². The van der Waals surface area contributed by atoms with Crippen molar-refractivity contribution in [3.63, 3.8) is 0 Å². The summed E-state index contributed by atoms with van der Waals surface area (Å²) in [4.78, 5) is 23.0. The summed E-state index contributed by atoms with van der Waals surface area (Å²) in [5.74, 6) is -1.02. The molecule has 1 unspecified atom stereocenters. The summed E-state index contributed by atoms with van der Waals surface area (Å²) in [5, 5.41) is 0.672. The normalized spacial score (nSPS) is 16.7. The Bertz CT molecular complexity index is 564. The first-order chi connectivity index (χ1) is 11.0. The van der Waals surface area contributed by atoms with Crippen LogP contribution in [0, 0.1) is 0 Å². The molecule has 1 aromatic carbocycles. The predicted molar refractivity (Wildman–Crippen MR) is 88.7 cm³/mol. The summed E-state index contributed by atoms with van der Waals surface area (Å²) in [6.45, 7) is 1.27. The fraction of sp³-hybridized carbons (Fsp3) is 0.556. The molecule has 0 aliphatic heterocycles. The Morgan fingerprint density at radius 3 is 2.52 bits per heavy atom. The molecule has 1 saturated carbocycles. The molecule has 126 valence electrons. The fourth-order valence-electron chi connectivity index (χ4n) is 3.15. The van der Waals surface area contributed by atoms with Crippen molar-refractivity contribution < 1.29 is 19.1 Å². The van der Waals surface area contributed by atoms with Gasteiger partial charge in [-0.05, 0) is 36.0 Å². The third-order valence-electron chi connectivity index (χ3n) is 4.41. The molecule has 0 amide bonds. The van der Waals surface area contributed by atoms with E-state index in [-0.39, 0.29) is 6.61 Å². The second-order valence-corrected chi connectivity index (χ2v) is 6.40. The van der Waals surface area contributed by atoms with Crippen LogP contribution in [0.2, 0.25) is 5.02 Å². The van der Waals surface area contributed by atoms with E-state index in [9.17, 15) is 9.59 Å². The van der Waals surface area contributed by atoms with Crippen LogP contribution in [-0.4, -0.2) is 25.7 Å². The zero-order chi connectivity index (χ0) is 16.8. The third kappa shape index (κ3) is 4.71. The van der Waals surface area contributed by atoms with Crippen LogP contribution in [0.4, 0.5) is 0 Å². The second-order valence-electron chi connectivity index (χ2n) is 5.99. The number of carbonyl (C=O) groups excluding carboxylic acids is 2. The van der Waals surface area contributed by atoms with E-state index in [0.29, 0.717) is 16.5 Å². The van der Waals surface area contributed by atoms with E-state index in [4.69, 9.17) is 21.1 Å². The highest BCUT2D eigenvalue weighted by molar-refractivity contribution is 6.31. The first-order valence-corrected chi connectivity index (χ1v) is 8.41. The van der Waals surface area contributed by atoms with Gasteiger partial charge in [0.05, 0.1) is 7.11 Å². The van der Waals surface area contributed by atoms with Crippen LogP contribution >= 0.6 is 11.6 Å². The zero-order valence-corrected chi connectivity index (χ0v) is 14.4. The molecular formula is C18H23ClO4. The van der Waals surface area contributed by atoms with Crippen LogP contribution in [0.1, 0.15) is 62.0 Å². The maximum atomic E-state index is 12.0. The molecular weight excluding hydrogens is 316 g/mol. The van der Waals surface area contributed by atoms with Gasteiger partial charge in [0.2, 0.25) is 0 Å². The molecule has 1 aliphatic rings. The minimum Gasteiger partial charge on any atom is -0.468 e. The summed E-state index contributed by atoms with van der Waals surface area (Å²) in [5.41, 5.74) is 1.86. The van der Waals surface area contributed by atoms with Gasteiger partial charge < -0.3 is 9.47 Å². The number of ether oxygens (including phenoxy) is 2. The number of hydrogen-bond donors (Lipinski definition) is 0. The van der Waals surface area contributed by atoms with Crippen molar-refractivity contribution in [3.05, 3.63) is 34.3 Å². The number of hydrogen-bond acceptors (Lipinski definition) is 4. The maximum Gasteiger partial charge on any atom is 0.316 e. The number of carbonyl (C=O) groups is 2. The maximum absolute atomic E-state index is 12.0. The topological polar surface area (TPSA) is 52.6 Å². The van der Waals surface area contributed by atoms with E-state index in [1.807, 2.05) is 12.1 Å². The molecule has 23 heavy (non-hydrogen) atoms. The molecule has 0 N–H and O–H groups in total. The van der Waals surface area contributed by atoms with Gasteiger partial charge in [-0.3, -0.25) is 9.59 Å². The predicted octanol–water partition coefficient (Wildman–Crippen LogP) is 4.21. The van der Waals surface area contributed by atoms with Gasteiger partial charge in [0.25, 0.3) is 0 Å². The molecule has 0 aromatic heterocycles. The molecule has 0 radical (unpaired) electrons. The molecule has 0 saturated heterocycles. The molecule has 1 fully saturated rings. The average Bonchev–Trinajstić information content (AvgIpc) is 2.55. The summed E-state index contributed by atoms with van der Waals surface area (Å²) < 4.78 is 9.80. The number of methoxy groups -OCH3 is 1.